The Morgan fingerprint density at radius 1 is 1.22 bits per heavy atom. The van der Waals surface area contributed by atoms with E-state index in [-0.39, 0.29) is 0 Å². The summed E-state index contributed by atoms with van der Waals surface area (Å²) in [5.74, 6) is 4.07. The molecule has 1 fully saturated rings. The molecule has 1 aromatic rings. The number of hydrogen-bond donors (Lipinski definition) is 1. The predicted molar refractivity (Wildman–Crippen MR) is 73.3 cm³/mol. The van der Waals surface area contributed by atoms with Crippen LogP contribution in [0.15, 0.2) is 18.2 Å². The fourth-order valence-corrected chi connectivity index (χ4v) is 3.44. The standard InChI is InChI=1S/C13H18N2O2S/c14-8-11(15-3-5-18-6-4-15)10-1-2-12-13(7-10)17-9-16-12/h1-2,7,11H,3-6,8-9,14H2. The van der Waals surface area contributed by atoms with E-state index in [1.807, 2.05) is 17.8 Å². The Labute approximate surface area is 111 Å². The Morgan fingerprint density at radius 2 is 2.00 bits per heavy atom. The van der Waals surface area contributed by atoms with Crippen LogP contribution in [0.4, 0.5) is 0 Å². The van der Waals surface area contributed by atoms with Crippen molar-refractivity contribution >= 4 is 11.8 Å². The number of nitrogens with two attached hydrogens (primary N) is 1. The quantitative estimate of drug-likeness (QED) is 0.897. The van der Waals surface area contributed by atoms with Crippen molar-refractivity contribution < 1.29 is 9.47 Å². The summed E-state index contributed by atoms with van der Waals surface area (Å²) in [5, 5.41) is 0. The van der Waals surface area contributed by atoms with E-state index < -0.39 is 0 Å². The molecular formula is C13H18N2O2S. The number of benzene rings is 1. The van der Waals surface area contributed by atoms with Gasteiger partial charge in [0.1, 0.15) is 0 Å². The van der Waals surface area contributed by atoms with E-state index >= 15 is 0 Å². The summed E-state index contributed by atoms with van der Waals surface area (Å²) < 4.78 is 10.8. The molecule has 18 heavy (non-hydrogen) atoms. The van der Waals surface area contributed by atoms with Crippen LogP contribution < -0.4 is 15.2 Å². The Balaban J connectivity index is 1.82. The summed E-state index contributed by atoms with van der Waals surface area (Å²) in [4.78, 5) is 2.47. The van der Waals surface area contributed by atoms with E-state index in [0.29, 0.717) is 19.4 Å². The van der Waals surface area contributed by atoms with Gasteiger partial charge in [-0.3, -0.25) is 4.90 Å². The third-order valence-electron chi connectivity index (χ3n) is 3.49. The smallest absolute Gasteiger partial charge is 0.231 e. The zero-order valence-corrected chi connectivity index (χ0v) is 11.1. The van der Waals surface area contributed by atoms with Crippen molar-refractivity contribution in [2.24, 2.45) is 5.73 Å². The molecule has 2 N–H and O–H groups in total. The molecule has 1 aromatic carbocycles. The molecule has 0 aliphatic carbocycles. The molecule has 98 valence electrons. The Hall–Kier alpha value is -0.910. The lowest BCUT2D eigenvalue weighted by atomic mass is 10.0. The lowest BCUT2D eigenvalue weighted by Gasteiger charge is -2.33. The molecule has 0 aromatic heterocycles. The highest BCUT2D eigenvalue weighted by molar-refractivity contribution is 7.99. The Bertz CT molecular complexity index is 421. The van der Waals surface area contributed by atoms with Crippen molar-refractivity contribution in [1.82, 2.24) is 4.90 Å². The number of ether oxygens (including phenoxy) is 2. The highest BCUT2D eigenvalue weighted by Crippen LogP contribution is 2.35. The Morgan fingerprint density at radius 3 is 2.78 bits per heavy atom. The van der Waals surface area contributed by atoms with E-state index in [2.05, 4.69) is 17.0 Å². The lowest BCUT2D eigenvalue weighted by Crippen LogP contribution is -2.39. The molecule has 1 unspecified atom stereocenters. The second kappa shape index (κ2) is 5.38. The number of rotatable bonds is 3. The minimum atomic E-state index is 0.292. The summed E-state index contributed by atoms with van der Waals surface area (Å²) in [6, 6.07) is 6.45. The van der Waals surface area contributed by atoms with Crippen LogP contribution in [0, 0.1) is 0 Å². The lowest BCUT2D eigenvalue weighted by molar-refractivity contribution is 0.173. The van der Waals surface area contributed by atoms with Gasteiger partial charge in [0, 0.05) is 37.2 Å². The minimum Gasteiger partial charge on any atom is -0.454 e. The fourth-order valence-electron chi connectivity index (χ4n) is 2.51. The van der Waals surface area contributed by atoms with Crippen LogP contribution in [-0.2, 0) is 0 Å². The first-order valence-electron chi connectivity index (χ1n) is 6.30. The summed E-state index contributed by atoms with van der Waals surface area (Å²) >= 11 is 2.01. The number of thioether (sulfide) groups is 1. The van der Waals surface area contributed by atoms with Gasteiger partial charge in [0.2, 0.25) is 6.79 Å². The van der Waals surface area contributed by atoms with Crippen LogP contribution in [0.1, 0.15) is 11.6 Å². The van der Waals surface area contributed by atoms with Crippen molar-refractivity contribution in [3.05, 3.63) is 23.8 Å². The van der Waals surface area contributed by atoms with E-state index in [9.17, 15) is 0 Å². The summed E-state index contributed by atoms with van der Waals surface area (Å²) in [6.07, 6.45) is 0. The average Bonchev–Trinajstić information content (AvgIpc) is 2.88. The van der Waals surface area contributed by atoms with Crippen LogP contribution >= 0.6 is 11.8 Å². The molecule has 5 heteroatoms. The molecule has 0 saturated carbocycles. The zero-order chi connectivity index (χ0) is 12.4. The molecular weight excluding hydrogens is 248 g/mol. The molecule has 2 heterocycles. The van der Waals surface area contributed by atoms with Crippen molar-refractivity contribution in [1.29, 1.82) is 0 Å². The monoisotopic (exact) mass is 266 g/mol. The molecule has 2 aliphatic rings. The summed E-state index contributed by atoms with van der Waals surface area (Å²) in [6.45, 7) is 3.19. The van der Waals surface area contributed by atoms with Crippen molar-refractivity contribution in [3.63, 3.8) is 0 Å². The molecule has 3 rings (SSSR count). The normalized spacial score (nSPS) is 20.9. The van der Waals surface area contributed by atoms with E-state index in [0.717, 1.165) is 24.6 Å². The van der Waals surface area contributed by atoms with Gasteiger partial charge < -0.3 is 15.2 Å². The number of hydrogen-bond acceptors (Lipinski definition) is 5. The molecule has 0 radical (unpaired) electrons. The molecule has 1 atom stereocenters. The van der Waals surface area contributed by atoms with Gasteiger partial charge in [0.25, 0.3) is 0 Å². The van der Waals surface area contributed by atoms with E-state index in [4.69, 9.17) is 15.2 Å². The van der Waals surface area contributed by atoms with Crippen LogP contribution in [0.25, 0.3) is 0 Å². The van der Waals surface area contributed by atoms with Crippen molar-refractivity contribution in [3.8, 4) is 11.5 Å². The topological polar surface area (TPSA) is 47.7 Å². The zero-order valence-electron chi connectivity index (χ0n) is 10.3. The van der Waals surface area contributed by atoms with E-state index in [1.165, 1.54) is 17.1 Å². The highest BCUT2D eigenvalue weighted by atomic mass is 32.2. The maximum absolute atomic E-state index is 5.96. The minimum absolute atomic E-state index is 0.292. The maximum atomic E-state index is 5.96. The number of nitrogens with zero attached hydrogens (tertiary/aromatic N) is 1. The van der Waals surface area contributed by atoms with Gasteiger partial charge in [-0.15, -0.1) is 0 Å². The third kappa shape index (κ3) is 2.30. The van der Waals surface area contributed by atoms with Gasteiger partial charge in [-0.1, -0.05) is 6.07 Å². The van der Waals surface area contributed by atoms with Crippen LogP contribution in [0.5, 0.6) is 11.5 Å². The molecule has 2 aliphatic heterocycles. The number of fused-ring (bicyclic) bond motifs is 1. The van der Waals surface area contributed by atoms with Gasteiger partial charge in [0.15, 0.2) is 11.5 Å². The predicted octanol–water partition coefficient (Wildman–Crippen LogP) is 1.46. The Kier molecular flexibility index (Phi) is 3.63. The molecule has 0 bridgehead atoms. The second-order valence-corrected chi connectivity index (χ2v) is 5.74. The molecule has 0 amide bonds. The van der Waals surface area contributed by atoms with E-state index in [1.54, 1.807) is 0 Å². The molecule has 4 nitrogen and oxygen atoms in total. The average molecular weight is 266 g/mol. The van der Waals surface area contributed by atoms with Crippen LogP contribution in [-0.4, -0.2) is 42.8 Å². The summed E-state index contributed by atoms with van der Waals surface area (Å²) in [5.41, 5.74) is 7.19. The first kappa shape index (κ1) is 12.1. The van der Waals surface area contributed by atoms with Crippen molar-refractivity contribution in [2.75, 3.05) is 37.9 Å². The fraction of sp³-hybridized carbons (Fsp3) is 0.538. The first-order chi connectivity index (χ1) is 8.88. The highest BCUT2D eigenvalue weighted by Gasteiger charge is 2.23. The van der Waals surface area contributed by atoms with Crippen LogP contribution in [0.2, 0.25) is 0 Å². The van der Waals surface area contributed by atoms with Gasteiger partial charge in [-0.25, -0.2) is 0 Å². The van der Waals surface area contributed by atoms with Gasteiger partial charge in [-0.05, 0) is 17.7 Å². The largest absolute Gasteiger partial charge is 0.454 e. The van der Waals surface area contributed by atoms with Gasteiger partial charge in [-0.2, -0.15) is 11.8 Å². The van der Waals surface area contributed by atoms with Gasteiger partial charge in [0.05, 0.1) is 0 Å². The van der Waals surface area contributed by atoms with Crippen LogP contribution in [0.3, 0.4) is 0 Å². The molecule has 0 spiro atoms. The SMILES string of the molecule is NCC(c1ccc2c(c1)OCO2)N1CCSCC1. The third-order valence-corrected chi connectivity index (χ3v) is 4.43. The molecule has 1 saturated heterocycles. The van der Waals surface area contributed by atoms with Gasteiger partial charge >= 0.3 is 0 Å². The maximum Gasteiger partial charge on any atom is 0.231 e. The first-order valence-corrected chi connectivity index (χ1v) is 7.45. The van der Waals surface area contributed by atoms with Crippen molar-refractivity contribution in [2.45, 2.75) is 6.04 Å². The summed E-state index contributed by atoms with van der Waals surface area (Å²) in [7, 11) is 0. The second-order valence-electron chi connectivity index (χ2n) is 4.51.